The number of aryl methyl sites for hydroxylation is 1. The SMILES string of the molecule is C=CC(=O)OCCCCCCOc1ccc(CCC(=O)Oc2ccc3c4ccc(OC(=O)c5ccc(OCCCCCCOC(=O)C=C)cc5)cc4c4nc5ccc(OCCOCCOC(=O)C=C)cc5nc4c3c2)cc1. The molecule has 0 bridgehead atoms. The van der Waals surface area contributed by atoms with Gasteiger partial charge in [0.15, 0.2) is 0 Å². The summed E-state index contributed by atoms with van der Waals surface area (Å²) >= 11 is 0. The van der Waals surface area contributed by atoms with Gasteiger partial charge in [-0.15, -0.1) is 0 Å². The number of hydrogen-bond donors (Lipinski definition) is 0. The molecule has 0 aliphatic carbocycles. The molecular formula is C61H62N2O14. The summed E-state index contributed by atoms with van der Waals surface area (Å²) in [5.41, 5.74) is 3.49. The predicted molar refractivity (Wildman–Crippen MR) is 292 cm³/mol. The van der Waals surface area contributed by atoms with Crippen molar-refractivity contribution in [1.82, 2.24) is 9.97 Å². The van der Waals surface area contributed by atoms with Gasteiger partial charge in [0.2, 0.25) is 0 Å². The topological polar surface area (TPSA) is 194 Å². The average Bonchev–Trinajstić information content (AvgIpc) is 3.45. The number of hydrogen-bond acceptors (Lipinski definition) is 16. The van der Waals surface area contributed by atoms with Gasteiger partial charge in [0, 0.05) is 41.5 Å². The third kappa shape index (κ3) is 17.2. The van der Waals surface area contributed by atoms with Gasteiger partial charge in [-0.2, -0.15) is 0 Å². The van der Waals surface area contributed by atoms with E-state index in [1.807, 2.05) is 42.5 Å². The maximum Gasteiger partial charge on any atom is 0.343 e. The Bertz CT molecular complexity index is 3190. The molecule has 16 nitrogen and oxygen atoms in total. The lowest BCUT2D eigenvalue weighted by atomic mass is 9.98. The van der Waals surface area contributed by atoms with Gasteiger partial charge >= 0.3 is 29.8 Å². The molecule has 1 aromatic heterocycles. The second-order valence-electron chi connectivity index (χ2n) is 17.6. The number of esters is 5. The first kappa shape index (κ1) is 56.1. The fraction of sp³-hybridized carbons (Fsp3) is 0.295. The van der Waals surface area contributed by atoms with Gasteiger partial charge in [-0.05, 0) is 159 Å². The fourth-order valence-corrected chi connectivity index (χ4v) is 8.11. The van der Waals surface area contributed by atoms with Crippen molar-refractivity contribution in [2.45, 2.75) is 64.2 Å². The van der Waals surface area contributed by atoms with Crippen LogP contribution in [0, 0.1) is 0 Å². The molecule has 0 saturated carbocycles. The highest BCUT2D eigenvalue weighted by Gasteiger charge is 2.18. The van der Waals surface area contributed by atoms with Crippen LogP contribution >= 0.6 is 0 Å². The number of benzene rings is 6. The van der Waals surface area contributed by atoms with Gasteiger partial charge in [-0.1, -0.05) is 31.9 Å². The normalized spacial score (nSPS) is 11.0. The van der Waals surface area contributed by atoms with Crippen LogP contribution in [0.4, 0.5) is 0 Å². The average molecular weight is 1050 g/mol. The van der Waals surface area contributed by atoms with E-state index >= 15 is 0 Å². The minimum atomic E-state index is -0.553. The van der Waals surface area contributed by atoms with E-state index in [-0.39, 0.29) is 32.8 Å². The Labute approximate surface area is 446 Å². The highest BCUT2D eigenvalue weighted by molar-refractivity contribution is 6.24. The number of aromatic nitrogens is 2. The first-order valence-electron chi connectivity index (χ1n) is 25.7. The lowest BCUT2D eigenvalue weighted by Crippen LogP contribution is -2.12. The van der Waals surface area contributed by atoms with Crippen LogP contribution in [-0.2, 0) is 44.5 Å². The maximum atomic E-state index is 13.5. The Morgan fingerprint density at radius 1 is 0.416 bits per heavy atom. The summed E-state index contributed by atoms with van der Waals surface area (Å²) in [6.07, 6.45) is 11.0. The fourth-order valence-electron chi connectivity index (χ4n) is 8.11. The highest BCUT2D eigenvalue weighted by Crippen LogP contribution is 2.38. The smallest absolute Gasteiger partial charge is 0.343 e. The third-order valence-electron chi connectivity index (χ3n) is 12.1. The third-order valence-corrected chi connectivity index (χ3v) is 12.1. The number of carbonyl (C=O) groups is 5. The molecule has 77 heavy (non-hydrogen) atoms. The molecule has 7 rings (SSSR count). The summed E-state index contributed by atoms with van der Waals surface area (Å²) in [6, 6.07) is 30.6. The van der Waals surface area contributed by atoms with Crippen molar-refractivity contribution in [2.75, 3.05) is 52.9 Å². The second-order valence-corrected chi connectivity index (χ2v) is 17.6. The van der Waals surface area contributed by atoms with E-state index in [2.05, 4.69) is 19.7 Å². The first-order chi connectivity index (χ1) is 37.6. The van der Waals surface area contributed by atoms with Crippen molar-refractivity contribution >= 4 is 73.5 Å². The Morgan fingerprint density at radius 2 is 0.883 bits per heavy atom. The second kappa shape index (κ2) is 29.5. The Kier molecular flexibility index (Phi) is 21.5. The number of nitrogens with zero attached hydrogens (tertiary/aromatic N) is 2. The van der Waals surface area contributed by atoms with E-state index in [1.54, 1.807) is 60.7 Å². The summed E-state index contributed by atoms with van der Waals surface area (Å²) in [5.74, 6) is 0.239. The molecule has 0 aliphatic heterocycles. The summed E-state index contributed by atoms with van der Waals surface area (Å²) in [4.78, 5) is 70.7. The van der Waals surface area contributed by atoms with Gasteiger partial charge in [0.1, 0.15) is 42.0 Å². The molecule has 1 heterocycles. The van der Waals surface area contributed by atoms with Crippen LogP contribution in [0.15, 0.2) is 141 Å². The molecular weight excluding hydrogens is 985 g/mol. The molecule has 0 saturated heterocycles. The van der Waals surface area contributed by atoms with E-state index in [9.17, 15) is 24.0 Å². The van der Waals surface area contributed by atoms with Gasteiger partial charge in [-0.3, -0.25) is 4.79 Å². The van der Waals surface area contributed by atoms with Gasteiger partial charge in [0.25, 0.3) is 0 Å². The van der Waals surface area contributed by atoms with Crippen LogP contribution in [0.25, 0.3) is 43.6 Å². The molecule has 7 aromatic rings. The van der Waals surface area contributed by atoms with Crippen molar-refractivity contribution in [1.29, 1.82) is 0 Å². The van der Waals surface area contributed by atoms with E-state index in [4.69, 9.17) is 52.6 Å². The van der Waals surface area contributed by atoms with Crippen molar-refractivity contribution in [3.05, 3.63) is 152 Å². The number of fused-ring (bicyclic) bond motifs is 7. The molecule has 400 valence electrons. The first-order valence-corrected chi connectivity index (χ1v) is 25.7. The number of ether oxygens (including phenoxy) is 9. The molecule has 0 atom stereocenters. The van der Waals surface area contributed by atoms with Crippen molar-refractivity contribution in [3.63, 3.8) is 0 Å². The van der Waals surface area contributed by atoms with Crippen LogP contribution in [0.5, 0.6) is 28.7 Å². The zero-order valence-electron chi connectivity index (χ0n) is 43.0. The zero-order valence-corrected chi connectivity index (χ0v) is 43.0. The maximum absolute atomic E-state index is 13.5. The summed E-state index contributed by atoms with van der Waals surface area (Å²) in [6.45, 7) is 12.8. The quantitative estimate of drug-likeness (QED) is 0.00734. The van der Waals surface area contributed by atoms with Crippen molar-refractivity contribution in [2.24, 2.45) is 0 Å². The van der Waals surface area contributed by atoms with E-state index in [0.29, 0.717) is 94.2 Å². The van der Waals surface area contributed by atoms with E-state index in [1.165, 1.54) is 0 Å². The van der Waals surface area contributed by atoms with Gasteiger partial charge < -0.3 is 42.6 Å². The van der Waals surface area contributed by atoms with E-state index in [0.717, 1.165) is 91.7 Å². The van der Waals surface area contributed by atoms with E-state index < -0.39 is 29.8 Å². The van der Waals surface area contributed by atoms with Crippen LogP contribution in [0.1, 0.15) is 73.7 Å². The summed E-state index contributed by atoms with van der Waals surface area (Å²) in [5, 5.41) is 2.99. The predicted octanol–water partition coefficient (Wildman–Crippen LogP) is 11.3. The number of carbonyl (C=O) groups excluding carboxylic acids is 5. The summed E-state index contributed by atoms with van der Waals surface area (Å²) in [7, 11) is 0. The number of unbranched alkanes of at least 4 members (excludes halogenated alkanes) is 6. The van der Waals surface area contributed by atoms with Crippen LogP contribution in [0.2, 0.25) is 0 Å². The largest absolute Gasteiger partial charge is 0.494 e. The van der Waals surface area contributed by atoms with Crippen molar-refractivity contribution < 1.29 is 66.6 Å². The molecule has 0 spiro atoms. The molecule has 0 N–H and O–H groups in total. The van der Waals surface area contributed by atoms with Crippen LogP contribution < -0.4 is 23.7 Å². The number of rotatable bonds is 32. The molecule has 0 unspecified atom stereocenters. The Balaban J connectivity index is 1.02. The molecule has 6 aromatic carbocycles. The zero-order chi connectivity index (χ0) is 54.2. The van der Waals surface area contributed by atoms with Gasteiger partial charge in [-0.25, -0.2) is 29.1 Å². The van der Waals surface area contributed by atoms with Crippen LogP contribution in [0.3, 0.4) is 0 Å². The molecule has 16 heteroatoms. The molecule has 0 aliphatic rings. The van der Waals surface area contributed by atoms with Gasteiger partial charge in [0.05, 0.1) is 67.3 Å². The summed E-state index contributed by atoms with van der Waals surface area (Å²) < 4.78 is 50.1. The molecule has 0 radical (unpaired) electrons. The highest BCUT2D eigenvalue weighted by atomic mass is 16.6. The van der Waals surface area contributed by atoms with Crippen molar-refractivity contribution in [3.8, 4) is 28.7 Å². The Morgan fingerprint density at radius 3 is 1.45 bits per heavy atom. The lowest BCUT2D eigenvalue weighted by molar-refractivity contribution is -0.139. The molecule has 0 fully saturated rings. The lowest BCUT2D eigenvalue weighted by Gasteiger charge is -2.14. The minimum Gasteiger partial charge on any atom is -0.494 e. The monoisotopic (exact) mass is 1050 g/mol. The minimum absolute atomic E-state index is 0.0963. The molecule has 0 amide bonds. The standard InChI is InChI=1S/C61H62N2O14/c1-4-55(64)73-33-13-9-7-11-31-70-44-20-15-42(16-21-44)17-30-58(67)76-47-24-27-49-50-28-25-48(77-61(68)43-18-22-45(23-19-43)71-32-12-8-10-14-34-74-56(65)5-2)40-52(50)59-60(51(49)39-47)63-54-41-46(26-29-53(54)62-59)72-37-35-69-36-38-75-57(66)6-3/h4-6,15-16,18-29,39-41H,1-3,7-14,17,30-38H2. The van der Waals surface area contributed by atoms with Crippen LogP contribution in [-0.4, -0.2) is 92.7 Å². The Hall–Kier alpha value is -8.63.